The second-order valence-corrected chi connectivity index (χ2v) is 7.56. The van der Waals surface area contributed by atoms with Crippen LogP contribution in [0.15, 0.2) is 60.8 Å². The number of aromatic amines is 1. The van der Waals surface area contributed by atoms with Crippen molar-refractivity contribution >= 4 is 22.7 Å². The van der Waals surface area contributed by atoms with Crippen molar-refractivity contribution in [2.45, 2.75) is 32.4 Å². The number of aromatic nitrogens is 1. The van der Waals surface area contributed by atoms with Gasteiger partial charge in [-0.2, -0.15) is 0 Å². The third kappa shape index (κ3) is 3.93. The number of carbonyl (C=O) groups excluding carboxylic acids is 2. The van der Waals surface area contributed by atoms with E-state index in [9.17, 15) is 9.59 Å². The highest BCUT2D eigenvalue weighted by Crippen LogP contribution is 2.26. The summed E-state index contributed by atoms with van der Waals surface area (Å²) in [5, 5.41) is 4.10. The second kappa shape index (κ2) is 7.89. The number of H-pyrrole nitrogens is 1. The van der Waals surface area contributed by atoms with Gasteiger partial charge in [0, 0.05) is 36.1 Å². The molecule has 0 spiro atoms. The molecule has 2 N–H and O–H groups in total. The Morgan fingerprint density at radius 2 is 1.96 bits per heavy atom. The molecule has 2 aromatic carbocycles. The topological polar surface area (TPSA) is 65.2 Å². The molecule has 0 aliphatic carbocycles. The summed E-state index contributed by atoms with van der Waals surface area (Å²) in [5.41, 5.74) is 2.91. The molecule has 4 rings (SSSR count). The minimum atomic E-state index is -0.269. The number of nitrogens with one attached hydrogen (secondary N) is 2. The standard InChI is InChI=1S/C23H25N3O2/c1-16(27)26-12-10-18(13-17-5-3-2-4-6-17)14-22(26)25-23(28)20-7-8-21-19(15-20)9-11-24-21/h2-9,11,15,18,22,24H,10,12-14H2,1H3,(H,25,28). The van der Waals surface area contributed by atoms with E-state index in [1.165, 1.54) is 5.56 Å². The average molecular weight is 375 g/mol. The summed E-state index contributed by atoms with van der Waals surface area (Å²) < 4.78 is 0. The third-order valence-corrected chi connectivity index (χ3v) is 5.60. The van der Waals surface area contributed by atoms with E-state index in [2.05, 4.69) is 34.6 Å². The highest BCUT2D eigenvalue weighted by molar-refractivity contribution is 5.98. The quantitative estimate of drug-likeness (QED) is 0.730. The molecule has 2 atom stereocenters. The molecule has 0 bridgehead atoms. The molecule has 1 fully saturated rings. The number of nitrogens with zero attached hydrogens (tertiary/aromatic N) is 1. The van der Waals surface area contributed by atoms with Gasteiger partial charge < -0.3 is 15.2 Å². The Hall–Kier alpha value is -3.08. The molecule has 5 heteroatoms. The van der Waals surface area contributed by atoms with E-state index in [0.29, 0.717) is 18.0 Å². The van der Waals surface area contributed by atoms with Crippen LogP contribution in [0.5, 0.6) is 0 Å². The van der Waals surface area contributed by atoms with Crippen molar-refractivity contribution in [2.24, 2.45) is 5.92 Å². The maximum absolute atomic E-state index is 12.9. The first kappa shape index (κ1) is 18.3. The molecule has 2 heterocycles. The van der Waals surface area contributed by atoms with Gasteiger partial charge in [0.15, 0.2) is 0 Å². The van der Waals surface area contributed by atoms with Crippen molar-refractivity contribution in [1.82, 2.24) is 15.2 Å². The highest BCUT2D eigenvalue weighted by Gasteiger charge is 2.31. The lowest BCUT2D eigenvalue weighted by Gasteiger charge is -2.39. The van der Waals surface area contributed by atoms with Crippen LogP contribution in [0.2, 0.25) is 0 Å². The predicted octanol–water partition coefficient (Wildman–Crippen LogP) is 3.73. The Morgan fingerprint density at radius 3 is 2.75 bits per heavy atom. The van der Waals surface area contributed by atoms with Gasteiger partial charge in [-0.1, -0.05) is 30.3 Å². The highest BCUT2D eigenvalue weighted by atomic mass is 16.2. The van der Waals surface area contributed by atoms with Crippen LogP contribution in [0.4, 0.5) is 0 Å². The lowest BCUT2D eigenvalue weighted by molar-refractivity contribution is -0.133. The maximum Gasteiger partial charge on any atom is 0.252 e. The SMILES string of the molecule is CC(=O)N1CCC(Cc2ccccc2)CC1NC(=O)c1ccc2[nH]ccc2c1. The molecule has 28 heavy (non-hydrogen) atoms. The van der Waals surface area contributed by atoms with Gasteiger partial charge in [-0.3, -0.25) is 9.59 Å². The number of likely N-dealkylation sites (tertiary alicyclic amines) is 1. The summed E-state index contributed by atoms with van der Waals surface area (Å²) in [5.74, 6) is 0.305. The first-order valence-electron chi connectivity index (χ1n) is 9.79. The molecule has 1 aliphatic heterocycles. The number of fused-ring (bicyclic) bond motifs is 1. The van der Waals surface area contributed by atoms with Gasteiger partial charge in [0.2, 0.25) is 5.91 Å². The molecule has 1 aromatic heterocycles. The van der Waals surface area contributed by atoms with Crippen molar-refractivity contribution < 1.29 is 9.59 Å². The molecule has 144 valence electrons. The molecular formula is C23H25N3O2. The summed E-state index contributed by atoms with van der Waals surface area (Å²) in [6, 6.07) is 17.9. The zero-order valence-electron chi connectivity index (χ0n) is 16.0. The molecule has 2 amide bonds. The van der Waals surface area contributed by atoms with Gasteiger partial charge >= 0.3 is 0 Å². The van der Waals surface area contributed by atoms with E-state index in [1.54, 1.807) is 11.8 Å². The van der Waals surface area contributed by atoms with Crippen molar-refractivity contribution in [3.63, 3.8) is 0 Å². The molecule has 1 aliphatic rings. The summed E-state index contributed by atoms with van der Waals surface area (Å²) in [7, 11) is 0. The van der Waals surface area contributed by atoms with Crippen molar-refractivity contribution in [2.75, 3.05) is 6.54 Å². The summed E-state index contributed by atoms with van der Waals surface area (Å²) in [6.07, 6.45) is 4.28. The maximum atomic E-state index is 12.9. The molecule has 5 nitrogen and oxygen atoms in total. The molecule has 3 aromatic rings. The number of amides is 2. The predicted molar refractivity (Wildman–Crippen MR) is 110 cm³/mol. The van der Waals surface area contributed by atoms with Crippen LogP contribution >= 0.6 is 0 Å². The average Bonchev–Trinajstić information content (AvgIpc) is 3.16. The number of piperidine rings is 1. The van der Waals surface area contributed by atoms with Gasteiger partial charge in [0.1, 0.15) is 6.17 Å². The third-order valence-electron chi connectivity index (χ3n) is 5.60. The van der Waals surface area contributed by atoms with E-state index in [1.807, 2.05) is 36.5 Å². The fourth-order valence-corrected chi connectivity index (χ4v) is 4.11. The van der Waals surface area contributed by atoms with Crippen LogP contribution in [0, 0.1) is 5.92 Å². The zero-order valence-corrected chi connectivity index (χ0v) is 16.0. The van der Waals surface area contributed by atoms with E-state index in [0.717, 1.165) is 30.2 Å². The number of hydrogen-bond donors (Lipinski definition) is 2. The Bertz CT molecular complexity index is 980. The van der Waals surface area contributed by atoms with Crippen LogP contribution < -0.4 is 5.32 Å². The van der Waals surface area contributed by atoms with E-state index >= 15 is 0 Å². The Labute approximate surface area is 164 Å². The second-order valence-electron chi connectivity index (χ2n) is 7.56. The summed E-state index contributed by atoms with van der Waals surface area (Å²) in [6.45, 7) is 2.25. The number of carbonyl (C=O) groups is 2. The zero-order chi connectivity index (χ0) is 19.5. The first-order valence-corrected chi connectivity index (χ1v) is 9.79. The Morgan fingerprint density at radius 1 is 1.14 bits per heavy atom. The summed E-state index contributed by atoms with van der Waals surface area (Å²) in [4.78, 5) is 29.9. The van der Waals surface area contributed by atoms with E-state index in [-0.39, 0.29) is 18.0 Å². The smallest absolute Gasteiger partial charge is 0.252 e. The lowest BCUT2D eigenvalue weighted by atomic mass is 9.88. The van der Waals surface area contributed by atoms with Crippen LogP contribution in [0.25, 0.3) is 10.9 Å². The summed E-state index contributed by atoms with van der Waals surface area (Å²) >= 11 is 0. The monoisotopic (exact) mass is 375 g/mol. The van der Waals surface area contributed by atoms with Crippen LogP contribution in [-0.2, 0) is 11.2 Å². The van der Waals surface area contributed by atoms with Gasteiger partial charge in [-0.15, -0.1) is 0 Å². The van der Waals surface area contributed by atoms with Crippen LogP contribution in [0.1, 0.15) is 35.7 Å². The van der Waals surface area contributed by atoms with Crippen LogP contribution in [-0.4, -0.2) is 34.4 Å². The van der Waals surface area contributed by atoms with Crippen molar-refractivity contribution in [1.29, 1.82) is 0 Å². The molecule has 1 saturated heterocycles. The first-order chi connectivity index (χ1) is 13.6. The molecule has 0 radical (unpaired) electrons. The fourth-order valence-electron chi connectivity index (χ4n) is 4.11. The minimum absolute atomic E-state index is 0.00421. The van der Waals surface area contributed by atoms with E-state index < -0.39 is 0 Å². The number of benzene rings is 2. The molecule has 0 saturated carbocycles. The Kier molecular flexibility index (Phi) is 5.15. The fraction of sp³-hybridized carbons (Fsp3) is 0.304. The largest absolute Gasteiger partial charge is 0.361 e. The minimum Gasteiger partial charge on any atom is -0.361 e. The Balaban J connectivity index is 1.48. The van der Waals surface area contributed by atoms with Gasteiger partial charge in [-0.25, -0.2) is 0 Å². The van der Waals surface area contributed by atoms with E-state index in [4.69, 9.17) is 0 Å². The normalized spacial score (nSPS) is 19.5. The van der Waals surface area contributed by atoms with Gasteiger partial charge in [0.05, 0.1) is 0 Å². The molecular weight excluding hydrogens is 350 g/mol. The van der Waals surface area contributed by atoms with Gasteiger partial charge in [-0.05, 0) is 55.0 Å². The lowest BCUT2D eigenvalue weighted by Crippen LogP contribution is -2.54. The van der Waals surface area contributed by atoms with Crippen molar-refractivity contribution in [3.05, 3.63) is 71.9 Å². The van der Waals surface area contributed by atoms with Crippen LogP contribution in [0.3, 0.4) is 0 Å². The number of rotatable bonds is 4. The molecule has 2 unspecified atom stereocenters. The van der Waals surface area contributed by atoms with Crippen molar-refractivity contribution in [3.8, 4) is 0 Å². The van der Waals surface area contributed by atoms with Gasteiger partial charge in [0.25, 0.3) is 5.91 Å². The number of hydrogen-bond acceptors (Lipinski definition) is 2.